The number of carbonyl (C=O) groups excluding carboxylic acids is 1. The van der Waals surface area contributed by atoms with Crippen LogP contribution in [0, 0.1) is 0 Å². The zero-order valence-electron chi connectivity index (χ0n) is 13.7. The fraction of sp³-hybridized carbons (Fsp3) is 0.562. The maximum absolute atomic E-state index is 12.3. The van der Waals surface area contributed by atoms with Crippen LogP contribution in [0.25, 0.3) is 0 Å². The van der Waals surface area contributed by atoms with E-state index in [0.717, 1.165) is 32.7 Å². The van der Waals surface area contributed by atoms with Crippen LogP contribution in [0.4, 0.5) is 0 Å². The van der Waals surface area contributed by atoms with Gasteiger partial charge in [-0.05, 0) is 35.0 Å². The van der Waals surface area contributed by atoms with E-state index in [1.807, 2.05) is 6.92 Å². The molecule has 7 heteroatoms. The van der Waals surface area contributed by atoms with E-state index in [1.165, 1.54) is 0 Å². The molecular formula is C16H24BrN3O3. The molecule has 0 unspecified atom stereocenters. The lowest BCUT2D eigenvalue weighted by molar-refractivity contribution is 0.0947. The summed E-state index contributed by atoms with van der Waals surface area (Å²) in [6.07, 6.45) is 0. The summed E-state index contributed by atoms with van der Waals surface area (Å²) in [6, 6.07) is 3.46. The standard InChI is InChI=1S/C16H24BrN3O3/c1-3-23-15-13(17)10-12(11-14(15)22-2)16(21)19-6-9-20-7-4-18-5-8-20/h10-11,18H,3-9H2,1-2H3,(H,19,21). The third kappa shape index (κ3) is 5.09. The third-order valence-corrected chi connectivity index (χ3v) is 4.29. The summed E-state index contributed by atoms with van der Waals surface area (Å²) < 4.78 is 11.6. The Kier molecular flexibility index (Phi) is 7.14. The number of halogens is 1. The van der Waals surface area contributed by atoms with Crippen LogP contribution in [0.2, 0.25) is 0 Å². The zero-order chi connectivity index (χ0) is 16.7. The second-order valence-electron chi connectivity index (χ2n) is 5.27. The molecule has 0 aliphatic carbocycles. The SMILES string of the molecule is CCOc1c(Br)cc(C(=O)NCCN2CCNCC2)cc1OC. The van der Waals surface area contributed by atoms with Crippen LogP contribution in [0.1, 0.15) is 17.3 Å². The summed E-state index contributed by atoms with van der Waals surface area (Å²) in [7, 11) is 1.57. The summed E-state index contributed by atoms with van der Waals surface area (Å²) in [4.78, 5) is 14.7. The van der Waals surface area contributed by atoms with Gasteiger partial charge in [0.15, 0.2) is 11.5 Å². The van der Waals surface area contributed by atoms with Crippen molar-refractivity contribution in [3.8, 4) is 11.5 Å². The molecule has 6 nitrogen and oxygen atoms in total. The molecule has 0 bridgehead atoms. The Morgan fingerprint density at radius 2 is 2.13 bits per heavy atom. The van der Waals surface area contributed by atoms with Crippen molar-refractivity contribution in [1.29, 1.82) is 0 Å². The Balaban J connectivity index is 1.94. The highest BCUT2D eigenvalue weighted by Crippen LogP contribution is 2.36. The van der Waals surface area contributed by atoms with Crippen LogP contribution in [0.3, 0.4) is 0 Å². The second kappa shape index (κ2) is 9.10. The minimum absolute atomic E-state index is 0.109. The van der Waals surface area contributed by atoms with Crippen molar-refractivity contribution in [2.24, 2.45) is 0 Å². The summed E-state index contributed by atoms with van der Waals surface area (Å²) in [5, 5.41) is 6.27. The van der Waals surface area contributed by atoms with E-state index in [0.29, 0.717) is 34.7 Å². The molecule has 0 atom stereocenters. The van der Waals surface area contributed by atoms with Gasteiger partial charge in [-0.3, -0.25) is 9.69 Å². The van der Waals surface area contributed by atoms with Crippen LogP contribution in [0.5, 0.6) is 11.5 Å². The zero-order valence-corrected chi connectivity index (χ0v) is 15.2. The number of nitrogens with zero attached hydrogens (tertiary/aromatic N) is 1. The first-order valence-electron chi connectivity index (χ1n) is 7.87. The van der Waals surface area contributed by atoms with Gasteiger partial charge in [-0.1, -0.05) is 0 Å². The molecule has 2 N–H and O–H groups in total. The van der Waals surface area contributed by atoms with Crippen molar-refractivity contribution in [1.82, 2.24) is 15.5 Å². The maximum Gasteiger partial charge on any atom is 0.251 e. The van der Waals surface area contributed by atoms with Gasteiger partial charge in [0.25, 0.3) is 5.91 Å². The number of rotatable bonds is 7. The normalized spacial score (nSPS) is 15.3. The van der Waals surface area contributed by atoms with Gasteiger partial charge in [0.1, 0.15) is 0 Å². The lowest BCUT2D eigenvalue weighted by Gasteiger charge is -2.27. The maximum atomic E-state index is 12.3. The topological polar surface area (TPSA) is 62.8 Å². The van der Waals surface area contributed by atoms with Crippen molar-refractivity contribution in [3.05, 3.63) is 22.2 Å². The highest BCUT2D eigenvalue weighted by atomic mass is 79.9. The van der Waals surface area contributed by atoms with Crippen molar-refractivity contribution in [2.45, 2.75) is 6.92 Å². The fourth-order valence-electron chi connectivity index (χ4n) is 2.50. The first kappa shape index (κ1) is 18.0. The van der Waals surface area contributed by atoms with Gasteiger partial charge in [-0.15, -0.1) is 0 Å². The molecule has 1 aromatic rings. The Bertz CT molecular complexity index is 534. The van der Waals surface area contributed by atoms with Crippen molar-refractivity contribution >= 4 is 21.8 Å². The summed E-state index contributed by atoms with van der Waals surface area (Å²) in [6.45, 7) is 8.01. The summed E-state index contributed by atoms with van der Waals surface area (Å²) in [5.41, 5.74) is 0.553. The average Bonchev–Trinajstić information content (AvgIpc) is 2.57. The quantitative estimate of drug-likeness (QED) is 0.744. The number of nitrogens with one attached hydrogen (secondary N) is 2. The largest absolute Gasteiger partial charge is 0.493 e. The predicted octanol–water partition coefficient (Wildman–Crippen LogP) is 1.49. The predicted molar refractivity (Wildman–Crippen MR) is 93.5 cm³/mol. The van der Waals surface area contributed by atoms with Gasteiger partial charge in [-0.25, -0.2) is 0 Å². The molecule has 23 heavy (non-hydrogen) atoms. The molecule has 1 aromatic carbocycles. The van der Waals surface area contributed by atoms with Crippen molar-refractivity contribution in [2.75, 3.05) is 53.0 Å². The first-order valence-corrected chi connectivity index (χ1v) is 8.66. The van der Waals surface area contributed by atoms with Crippen LogP contribution in [-0.2, 0) is 0 Å². The molecule has 0 spiro atoms. The Labute approximate surface area is 145 Å². The Morgan fingerprint density at radius 1 is 1.39 bits per heavy atom. The minimum atomic E-state index is -0.109. The number of carbonyl (C=O) groups is 1. The molecule has 128 valence electrons. The molecule has 2 rings (SSSR count). The molecule has 1 heterocycles. The van der Waals surface area contributed by atoms with Crippen LogP contribution in [0.15, 0.2) is 16.6 Å². The summed E-state index contributed by atoms with van der Waals surface area (Å²) in [5.74, 6) is 1.06. The van der Waals surface area contributed by atoms with E-state index in [9.17, 15) is 4.79 Å². The highest BCUT2D eigenvalue weighted by molar-refractivity contribution is 9.10. The van der Waals surface area contributed by atoms with E-state index in [4.69, 9.17) is 9.47 Å². The molecule has 1 amide bonds. The minimum Gasteiger partial charge on any atom is -0.493 e. The van der Waals surface area contributed by atoms with Crippen LogP contribution >= 0.6 is 15.9 Å². The van der Waals surface area contributed by atoms with E-state index < -0.39 is 0 Å². The number of amides is 1. The van der Waals surface area contributed by atoms with Gasteiger partial charge in [-0.2, -0.15) is 0 Å². The van der Waals surface area contributed by atoms with Crippen LogP contribution < -0.4 is 20.1 Å². The number of hydrogen-bond acceptors (Lipinski definition) is 5. The Morgan fingerprint density at radius 3 is 2.78 bits per heavy atom. The lowest BCUT2D eigenvalue weighted by Crippen LogP contribution is -2.46. The number of piperazine rings is 1. The third-order valence-electron chi connectivity index (χ3n) is 3.70. The fourth-order valence-corrected chi connectivity index (χ4v) is 3.06. The average molecular weight is 386 g/mol. The molecule has 1 fully saturated rings. The number of methoxy groups -OCH3 is 1. The van der Waals surface area contributed by atoms with Gasteiger partial charge >= 0.3 is 0 Å². The number of hydrogen-bond donors (Lipinski definition) is 2. The monoisotopic (exact) mass is 385 g/mol. The molecular weight excluding hydrogens is 362 g/mol. The van der Waals surface area contributed by atoms with E-state index >= 15 is 0 Å². The van der Waals surface area contributed by atoms with Crippen LogP contribution in [-0.4, -0.2) is 63.8 Å². The molecule has 1 aliphatic heterocycles. The molecule has 0 saturated carbocycles. The van der Waals surface area contributed by atoms with E-state index in [1.54, 1.807) is 19.2 Å². The first-order chi connectivity index (χ1) is 11.2. The number of ether oxygens (including phenoxy) is 2. The van der Waals surface area contributed by atoms with E-state index in [-0.39, 0.29) is 5.91 Å². The molecule has 0 radical (unpaired) electrons. The van der Waals surface area contributed by atoms with Gasteiger partial charge < -0.3 is 20.1 Å². The molecule has 0 aromatic heterocycles. The Hall–Kier alpha value is -1.31. The lowest BCUT2D eigenvalue weighted by atomic mass is 10.2. The smallest absolute Gasteiger partial charge is 0.251 e. The van der Waals surface area contributed by atoms with Crippen molar-refractivity contribution < 1.29 is 14.3 Å². The van der Waals surface area contributed by atoms with Gasteiger partial charge in [0, 0.05) is 44.8 Å². The van der Waals surface area contributed by atoms with Gasteiger partial charge in [0.2, 0.25) is 0 Å². The summed E-state index contributed by atoms with van der Waals surface area (Å²) >= 11 is 3.44. The second-order valence-corrected chi connectivity index (χ2v) is 6.12. The van der Waals surface area contributed by atoms with Gasteiger partial charge in [0.05, 0.1) is 18.2 Å². The number of benzene rings is 1. The van der Waals surface area contributed by atoms with E-state index in [2.05, 4.69) is 31.5 Å². The van der Waals surface area contributed by atoms with Crippen molar-refractivity contribution in [3.63, 3.8) is 0 Å². The molecule has 1 aliphatic rings. The molecule has 1 saturated heterocycles. The highest BCUT2D eigenvalue weighted by Gasteiger charge is 2.16.